The summed E-state index contributed by atoms with van der Waals surface area (Å²) >= 11 is 0. The Labute approximate surface area is 144 Å². The fourth-order valence-electron chi connectivity index (χ4n) is 2.89. The van der Waals surface area contributed by atoms with Gasteiger partial charge in [-0.1, -0.05) is 42.0 Å². The summed E-state index contributed by atoms with van der Waals surface area (Å²) < 4.78 is 5.66. The molecule has 1 atom stereocenters. The maximum absolute atomic E-state index is 10.2. The van der Waals surface area contributed by atoms with Gasteiger partial charge in [0.15, 0.2) is 0 Å². The van der Waals surface area contributed by atoms with E-state index < -0.39 is 6.10 Å². The van der Waals surface area contributed by atoms with Crippen LogP contribution in [0.15, 0.2) is 48.5 Å². The van der Waals surface area contributed by atoms with Crippen molar-refractivity contribution < 1.29 is 9.84 Å². The SMILES string of the molecule is Cc1ccc(OCC(O)CN2CCc3ccccc3C2)cc1.Cl. The second kappa shape index (κ2) is 8.34. The van der Waals surface area contributed by atoms with E-state index in [1.165, 1.54) is 16.7 Å². The lowest BCUT2D eigenvalue weighted by Gasteiger charge is -2.30. The maximum atomic E-state index is 10.2. The van der Waals surface area contributed by atoms with E-state index >= 15 is 0 Å². The summed E-state index contributed by atoms with van der Waals surface area (Å²) in [5.41, 5.74) is 4.02. The highest BCUT2D eigenvalue weighted by Crippen LogP contribution is 2.18. The number of β-amino-alcohol motifs (C(OH)–C–C–N with tert-alkyl or cyclic N) is 1. The van der Waals surface area contributed by atoms with Gasteiger partial charge in [-0.3, -0.25) is 4.90 Å². The molecule has 0 fully saturated rings. The van der Waals surface area contributed by atoms with Crippen LogP contribution in [-0.4, -0.2) is 35.8 Å². The van der Waals surface area contributed by atoms with Crippen molar-refractivity contribution in [2.24, 2.45) is 0 Å². The quantitative estimate of drug-likeness (QED) is 0.912. The number of fused-ring (bicyclic) bond motifs is 1. The monoisotopic (exact) mass is 333 g/mol. The third kappa shape index (κ3) is 4.96. The van der Waals surface area contributed by atoms with Crippen LogP contribution in [0, 0.1) is 6.92 Å². The van der Waals surface area contributed by atoms with Crippen LogP contribution in [0.3, 0.4) is 0 Å². The van der Waals surface area contributed by atoms with Gasteiger partial charge in [0.1, 0.15) is 18.5 Å². The molecule has 0 aliphatic carbocycles. The minimum absolute atomic E-state index is 0. The standard InChI is InChI=1S/C19H23NO2.ClH/c1-15-6-8-19(9-7-15)22-14-18(21)13-20-11-10-16-4-2-3-5-17(16)12-20;/h2-9,18,21H,10-14H2,1H3;1H. The molecule has 0 spiro atoms. The first-order valence-corrected chi connectivity index (χ1v) is 7.87. The third-order valence-electron chi connectivity index (χ3n) is 4.14. The zero-order valence-corrected chi connectivity index (χ0v) is 14.3. The molecule has 0 saturated heterocycles. The van der Waals surface area contributed by atoms with E-state index in [0.29, 0.717) is 13.2 Å². The van der Waals surface area contributed by atoms with Crippen LogP contribution in [0.4, 0.5) is 0 Å². The van der Waals surface area contributed by atoms with Gasteiger partial charge in [0.2, 0.25) is 0 Å². The predicted octanol–water partition coefficient (Wildman–Crippen LogP) is 3.21. The van der Waals surface area contributed by atoms with Gasteiger partial charge in [-0.2, -0.15) is 0 Å². The number of aliphatic hydroxyl groups excluding tert-OH is 1. The van der Waals surface area contributed by atoms with Gasteiger partial charge in [0, 0.05) is 19.6 Å². The van der Waals surface area contributed by atoms with E-state index in [0.717, 1.165) is 25.3 Å². The van der Waals surface area contributed by atoms with Gasteiger partial charge in [-0.05, 0) is 36.6 Å². The average molecular weight is 334 g/mol. The van der Waals surface area contributed by atoms with E-state index in [1.807, 2.05) is 31.2 Å². The van der Waals surface area contributed by atoms with Crippen molar-refractivity contribution in [2.45, 2.75) is 26.0 Å². The minimum atomic E-state index is -0.466. The Balaban J connectivity index is 0.00000192. The zero-order valence-electron chi connectivity index (χ0n) is 13.4. The normalized spacial score (nSPS) is 15.4. The van der Waals surface area contributed by atoms with Crippen LogP contribution in [-0.2, 0) is 13.0 Å². The number of aliphatic hydroxyl groups is 1. The molecular weight excluding hydrogens is 310 g/mol. The molecule has 1 unspecified atom stereocenters. The first kappa shape index (κ1) is 17.8. The van der Waals surface area contributed by atoms with Crippen molar-refractivity contribution in [1.82, 2.24) is 4.90 Å². The molecule has 0 bridgehead atoms. The van der Waals surface area contributed by atoms with E-state index in [-0.39, 0.29) is 12.4 Å². The molecule has 124 valence electrons. The lowest BCUT2D eigenvalue weighted by Crippen LogP contribution is -2.38. The van der Waals surface area contributed by atoms with Crippen molar-refractivity contribution in [2.75, 3.05) is 19.7 Å². The predicted molar refractivity (Wildman–Crippen MR) is 95.4 cm³/mol. The van der Waals surface area contributed by atoms with Gasteiger partial charge in [0.05, 0.1) is 0 Å². The molecular formula is C19H24ClNO2. The fraction of sp³-hybridized carbons (Fsp3) is 0.368. The summed E-state index contributed by atoms with van der Waals surface area (Å²) in [4.78, 5) is 2.30. The molecule has 1 N–H and O–H groups in total. The zero-order chi connectivity index (χ0) is 15.4. The highest BCUT2D eigenvalue weighted by Gasteiger charge is 2.18. The van der Waals surface area contributed by atoms with Gasteiger partial charge >= 0.3 is 0 Å². The Morgan fingerprint density at radius 3 is 2.52 bits per heavy atom. The van der Waals surface area contributed by atoms with E-state index in [2.05, 4.69) is 29.2 Å². The number of halogens is 1. The van der Waals surface area contributed by atoms with Crippen LogP contribution in [0.25, 0.3) is 0 Å². The van der Waals surface area contributed by atoms with E-state index in [9.17, 15) is 5.11 Å². The molecule has 3 nitrogen and oxygen atoms in total. The Hall–Kier alpha value is -1.55. The molecule has 0 aromatic heterocycles. The molecule has 2 aromatic rings. The molecule has 4 heteroatoms. The summed E-state index contributed by atoms with van der Waals surface area (Å²) in [5.74, 6) is 0.814. The Bertz CT molecular complexity index is 615. The number of benzene rings is 2. The number of hydrogen-bond acceptors (Lipinski definition) is 3. The summed E-state index contributed by atoms with van der Waals surface area (Å²) in [7, 11) is 0. The highest BCUT2D eigenvalue weighted by molar-refractivity contribution is 5.85. The van der Waals surface area contributed by atoms with Crippen LogP contribution >= 0.6 is 12.4 Å². The number of hydrogen-bond donors (Lipinski definition) is 1. The molecule has 1 aliphatic heterocycles. The van der Waals surface area contributed by atoms with Crippen molar-refractivity contribution in [1.29, 1.82) is 0 Å². The first-order valence-electron chi connectivity index (χ1n) is 7.87. The Kier molecular flexibility index (Phi) is 6.46. The van der Waals surface area contributed by atoms with Crippen LogP contribution in [0.5, 0.6) is 5.75 Å². The minimum Gasteiger partial charge on any atom is -0.491 e. The molecule has 2 aromatic carbocycles. The smallest absolute Gasteiger partial charge is 0.119 e. The topological polar surface area (TPSA) is 32.7 Å². The van der Waals surface area contributed by atoms with Gasteiger partial charge in [-0.25, -0.2) is 0 Å². The molecule has 3 rings (SSSR count). The second-order valence-corrected chi connectivity index (χ2v) is 6.03. The van der Waals surface area contributed by atoms with Crippen LogP contribution in [0.1, 0.15) is 16.7 Å². The van der Waals surface area contributed by atoms with Gasteiger partial charge in [0.25, 0.3) is 0 Å². The van der Waals surface area contributed by atoms with Gasteiger partial charge < -0.3 is 9.84 Å². The Morgan fingerprint density at radius 2 is 1.78 bits per heavy atom. The lowest BCUT2D eigenvalue weighted by atomic mass is 10.00. The second-order valence-electron chi connectivity index (χ2n) is 6.03. The first-order chi connectivity index (χ1) is 10.7. The molecule has 1 aliphatic rings. The largest absolute Gasteiger partial charge is 0.491 e. The maximum Gasteiger partial charge on any atom is 0.119 e. The van der Waals surface area contributed by atoms with Crippen molar-refractivity contribution in [3.63, 3.8) is 0 Å². The average Bonchev–Trinajstić information content (AvgIpc) is 2.54. The fourth-order valence-corrected chi connectivity index (χ4v) is 2.89. The molecule has 0 amide bonds. The van der Waals surface area contributed by atoms with Gasteiger partial charge in [-0.15, -0.1) is 12.4 Å². The number of rotatable bonds is 5. The van der Waals surface area contributed by atoms with Crippen molar-refractivity contribution in [3.05, 3.63) is 65.2 Å². The molecule has 0 radical (unpaired) electrons. The summed E-state index contributed by atoms with van der Waals surface area (Å²) in [6, 6.07) is 16.5. The number of ether oxygens (including phenoxy) is 1. The third-order valence-corrected chi connectivity index (χ3v) is 4.14. The van der Waals surface area contributed by atoms with E-state index in [4.69, 9.17) is 4.74 Å². The van der Waals surface area contributed by atoms with Crippen molar-refractivity contribution >= 4 is 12.4 Å². The molecule has 23 heavy (non-hydrogen) atoms. The summed E-state index contributed by atoms with van der Waals surface area (Å²) in [5, 5.41) is 10.2. The number of aryl methyl sites for hydroxylation is 1. The molecule has 1 heterocycles. The van der Waals surface area contributed by atoms with Crippen molar-refractivity contribution in [3.8, 4) is 5.75 Å². The summed E-state index contributed by atoms with van der Waals surface area (Å²) in [6.07, 6.45) is 0.591. The lowest BCUT2D eigenvalue weighted by molar-refractivity contribution is 0.0638. The van der Waals surface area contributed by atoms with Crippen LogP contribution < -0.4 is 4.74 Å². The number of nitrogens with zero attached hydrogens (tertiary/aromatic N) is 1. The Morgan fingerprint density at radius 1 is 1.09 bits per heavy atom. The summed E-state index contributed by atoms with van der Waals surface area (Å²) in [6.45, 7) is 4.95. The highest BCUT2D eigenvalue weighted by atomic mass is 35.5. The van der Waals surface area contributed by atoms with E-state index in [1.54, 1.807) is 0 Å². The molecule has 0 saturated carbocycles. The van der Waals surface area contributed by atoms with Crippen LogP contribution in [0.2, 0.25) is 0 Å².